The number of ether oxygens (including phenoxy) is 1. The first-order chi connectivity index (χ1) is 9.90. The molecule has 2 nitrogen and oxygen atoms in total. The lowest BCUT2D eigenvalue weighted by Gasteiger charge is -2.27. The van der Waals surface area contributed by atoms with E-state index < -0.39 is 0 Å². The van der Waals surface area contributed by atoms with Gasteiger partial charge in [-0.25, -0.2) is 0 Å². The van der Waals surface area contributed by atoms with Crippen LogP contribution < -0.4 is 4.74 Å². The summed E-state index contributed by atoms with van der Waals surface area (Å²) < 4.78 is 5.91. The van der Waals surface area contributed by atoms with E-state index in [1.54, 1.807) is 0 Å². The van der Waals surface area contributed by atoms with Crippen LogP contribution in [0.1, 0.15) is 17.0 Å². The molecule has 0 N–H and O–H groups in total. The Labute approximate surface area is 120 Å². The second-order valence-electron chi connectivity index (χ2n) is 5.90. The maximum Gasteiger partial charge on any atom is 0.122 e. The molecule has 0 unspecified atom stereocenters. The highest BCUT2D eigenvalue weighted by Gasteiger charge is 2.38. The molecule has 0 aliphatic carbocycles. The molecule has 1 fully saturated rings. The van der Waals surface area contributed by atoms with Gasteiger partial charge in [0.15, 0.2) is 0 Å². The van der Waals surface area contributed by atoms with Crippen LogP contribution in [-0.4, -0.2) is 24.6 Å². The van der Waals surface area contributed by atoms with Crippen molar-refractivity contribution >= 4 is 0 Å². The zero-order valence-electron chi connectivity index (χ0n) is 11.5. The molecule has 2 aromatic rings. The van der Waals surface area contributed by atoms with Gasteiger partial charge in [0.25, 0.3) is 0 Å². The number of rotatable bonds is 2. The molecule has 2 atom stereocenters. The van der Waals surface area contributed by atoms with Crippen molar-refractivity contribution in [1.82, 2.24) is 4.90 Å². The molecule has 0 bridgehead atoms. The summed E-state index contributed by atoms with van der Waals surface area (Å²) in [5, 5.41) is 0. The van der Waals surface area contributed by atoms with Gasteiger partial charge in [-0.3, -0.25) is 4.90 Å². The van der Waals surface area contributed by atoms with Crippen LogP contribution in [0.5, 0.6) is 5.75 Å². The summed E-state index contributed by atoms with van der Waals surface area (Å²) >= 11 is 0. The summed E-state index contributed by atoms with van der Waals surface area (Å²) in [6.45, 7) is 4.22. The first-order valence-electron chi connectivity index (χ1n) is 7.38. The maximum absolute atomic E-state index is 5.91. The van der Waals surface area contributed by atoms with Gasteiger partial charge < -0.3 is 4.74 Å². The molecule has 0 saturated carbocycles. The second-order valence-corrected chi connectivity index (χ2v) is 5.90. The van der Waals surface area contributed by atoms with Crippen LogP contribution in [0, 0.1) is 5.92 Å². The summed E-state index contributed by atoms with van der Waals surface area (Å²) in [6, 6.07) is 19.3. The Kier molecular flexibility index (Phi) is 2.96. The first kappa shape index (κ1) is 12.0. The smallest absolute Gasteiger partial charge is 0.122 e. The fraction of sp³-hybridized carbons (Fsp3) is 0.333. The molecule has 0 spiro atoms. The van der Waals surface area contributed by atoms with Crippen molar-refractivity contribution in [1.29, 1.82) is 0 Å². The monoisotopic (exact) mass is 265 g/mol. The Morgan fingerprint density at radius 3 is 2.65 bits per heavy atom. The molecule has 2 aromatic carbocycles. The van der Waals surface area contributed by atoms with Crippen LogP contribution in [0.3, 0.4) is 0 Å². The molecule has 2 heterocycles. The quantitative estimate of drug-likeness (QED) is 0.826. The fourth-order valence-electron chi connectivity index (χ4n) is 3.57. The van der Waals surface area contributed by atoms with Gasteiger partial charge in [0.2, 0.25) is 0 Å². The van der Waals surface area contributed by atoms with Crippen LogP contribution in [0.25, 0.3) is 0 Å². The van der Waals surface area contributed by atoms with Gasteiger partial charge in [-0.2, -0.15) is 0 Å². The van der Waals surface area contributed by atoms with Crippen molar-refractivity contribution < 1.29 is 4.74 Å². The molecule has 2 aliphatic rings. The third kappa shape index (κ3) is 2.10. The molecule has 2 aliphatic heterocycles. The third-order valence-electron chi connectivity index (χ3n) is 4.54. The number of hydrogen-bond acceptors (Lipinski definition) is 2. The van der Waals surface area contributed by atoms with Gasteiger partial charge in [0.05, 0.1) is 6.61 Å². The Morgan fingerprint density at radius 1 is 0.950 bits per heavy atom. The minimum atomic E-state index is 0.642. The molecule has 20 heavy (non-hydrogen) atoms. The summed E-state index contributed by atoms with van der Waals surface area (Å²) in [6.07, 6.45) is 0. The van der Waals surface area contributed by atoms with Crippen molar-refractivity contribution in [2.75, 3.05) is 19.7 Å². The van der Waals surface area contributed by atoms with E-state index in [1.807, 2.05) is 0 Å². The van der Waals surface area contributed by atoms with Gasteiger partial charge in [-0.05, 0) is 17.2 Å². The number of benzene rings is 2. The lowest BCUT2D eigenvalue weighted by Crippen LogP contribution is -2.24. The standard InChI is InChI=1S/C18H19NO/c1-2-6-14(7-3-1)10-19-11-15-13-20-18-9-5-4-8-16(18)17(15)12-19/h1-9,15,17H,10-13H2/t15-,17+/m1/s1. The average molecular weight is 265 g/mol. The fourth-order valence-corrected chi connectivity index (χ4v) is 3.57. The Morgan fingerprint density at radius 2 is 1.75 bits per heavy atom. The lowest BCUT2D eigenvalue weighted by atomic mass is 9.87. The van der Waals surface area contributed by atoms with E-state index in [4.69, 9.17) is 4.74 Å². The average Bonchev–Trinajstić information content (AvgIpc) is 2.91. The van der Waals surface area contributed by atoms with Crippen molar-refractivity contribution in [3.8, 4) is 5.75 Å². The van der Waals surface area contributed by atoms with Gasteiger partial charge >= 0.3 is 0 Å². The second kappa shape index (κ2) is 4.95. The number of nitrogens with zero attached hydrogens (tertiary/aromatic N) is 1. The van der Waals surface area contributed by atoms with E-state index >= 15 is 0 Å². The van der Waals surface area contributed by atoms with Crippen molar-refractivity contribution in [2.24, 2.45) is 5.92 Å². The topological polar surface area (TPSA) is 12.5 Å². The SMILES string of the molecule is c1ccc(CN2C[C@@H]3COc4ccccc4[C@H]3C2)cc1. The third-order valence-corrected chi connectivity index (χ3v) is 4.54. The highest BCUT2D eigenvalue weighted by molar-refractivity contribution is 5.39. The summed E-state index contributed by atoms with van der Waals surface area (Å²) in [7, 11) is 0. The molecular formula is C18H19NO. The predicted molar refractivity (Wildman–Crippen MR) is 79.9 cm³/mol. The van der Waals surface area contributed by atoms with Gasteiger partial charge in [0.1, 0.15) is 5.75 Å². The van der Waals surface area contributed by atoms with Crippen LogP contribution in [0.4, 0.5) is 0 Å². The van der Waals surface area contributed by atoms with Crippen LogP contribution in [0.15, 0.2) is 54.6 Å². The van der Waals surface area contributed by atoms with E-state index in [9.17, 15) is 0 Å². The largest absolute Gasteiger partial charge is 0.493 e. The molecule has 1 saturated heterocycles. The van der Waals surface area contributed by atoms with Crippen molar-refractivity contribution in [2.45, 2.75) is 12.5 Å². The first-order valence-corrected chi connectivity index (χ1v) is 7.38. The number of fused-ring (bicyclic) bond motifs is 3. The van der Waals surface area contributed by atoms with Crippen LogP contribution in [-0.2, 0) is 6.54 Å². The molecular weight excluding hydrogens is 246 g/mol. The normalized spacial score (nSPS) is 24.8. The molecule has 102 valence electrons. The van der Waals surface area contributed by atoms with Gasteiger partial charge in [0, 0.05) is 31.5 Å². The van der Waals surface area contributed by atoms with E-state index in [0.29, 0.717) is 11.8 Å². The van der Waals surface area contributed by atoms with Crippen LogP contribution in [0.2, 0.25) is 0 Å². The lowest BCUT2D eigenvalue weighted by molar-refractivity contribution is 0.212. The highest BCUT2D eigenvalue weighted by atomic mass is 16.5. The molecule has 0 radical (unpaired) electrons. The number of para-hydroxylation sites is 1. The molecule has 2 heteroatoms. The van der Waals surface area contributed by atoms with Crippen molar-refractivity contribution in [3.05, 3.63) is 65.7 Å². The van der Waals surface area contributed by atoms with Crippen molar-refractivity contribution in [3.63, 3.8) is 0 Å². The number of hydrogen-bond donors (Lipinski definition) is 0. The Bertz CT molecular complexity index is 595. The summed E-state index contributed by atoms with van der Waals surface area (Å²) in [5.74, 6) is 2.38. The Hall–Kier alpha value is -1.80. The number of likely N-dealkylation sites (tertiary alicyclic amines) is 1. The summed E-state index contributed by atoms with van der Waals surface area (Å²) in [5.41, 5.74) is 2.81. The summed E-state index contributed by atoms with van der Waals surface area (Å²) in [4.78, 5) is 2.57. The molecule has 4 rings (SSSR count). The minimum absolute atomic E-state index is 0.642. The minimum Gasteiger partial charge on any atom is -0.493 e. The van der Waals surface area contributed by atoms with Crippen LogP contribution >= 0.6 is 0 Å². The van der Waals surface area contributed by atoms with E-state index in [2.05, 4.69) is 59.5 Å². The predicted octanol–water partition coefficient (Wildman–Crippen LogP) is 3.29. The van der Waals surface area contributed by atoms with E-state index in [-0.39, 0.29) is 0 Å². The van der Waals surface area contributed by atoms with Gasteiger partial charge in [-0.1, -0.05) is 48.5 Å². The zero-order valence-corrected chi connectivity index (χ0v) is 11.5. The molecule has 0 amide bonds. The maximum atomic E-state index is 5.91. The Balaban J connectivity index is 1.53. The molecule has 0 aromatic heterocycles. The van der Waals surface area contributed by atoms with E-state index in [1.165, 1.54) is 11.1 Å². The highest BCUT2D eigenvalue weighted by Crippen LogP contribution is 2.41. The van der Waals surface area contributed by atoms with E-state index in [0.717, 1.165) is 32.0 Å². The van der Waals surface area contributed by atoms with Gasteiger partial charge in [-0.15, -0.1) is 0 Å². The zero-order chi connectivity index (χ0) is 13.4.